The number of nitrogens with one attached hydrogen (secondary N) is 1. The lowest BCUT2D eigenvalue weighted by Gasteiger charge is -2.13. The molecule has 0 aliphatic carbocycles. The first kappa shape index (κ1) is 16.3. The number of sulfonamides is 1. The van der Waals surface area contributed by atoms with Gasteiger partial charge in [0.05, 0.1) is 16.8 Å². The molecule has 2 N–H and O–H groups in total. The van der Waals surface area contributed by atoms with E-state index in [1.54, 1.807) is 18.2 Å². The number of aromatic nitrogens is 2. The fraction of sp³-hybridized carbons (Fsp3) is 0. The van der Waals surface area contributed by atoms with Crippen LogP contribution in [-0.4, -0.2) is 29.5 Å². The van der Waals surface area contributed by atoms with Crippen LogP contribution in [-0.2, 0) is 10.0 Å². The van der Waals surface area contributed by atoms with Crippen LogP contribution >= 0.6 is 15.9 Å². The van der Waals surface area contributed by atoms with Gasteiger partial charge >= 0.3 is 5.97 Å². The van der Waals surface area contributed by atoms with Crippen molar-refractivity contribution in [2.24, 2.45) is 0 Å². The molecule has 0 radical (unpaired) electrons. The first-order chi connectivity index (χ1) is 11.4. The summed E-state index contributed by atoms with van der Waals surface area (Å²) >= 11 is 3.17. The Kier molecular flexibility index (Phi) is 4.20. The van der Waals surface area contributed by atoms with Gasteiger partial charge in [-0.2, -0.15) is 0 Å². The molecule has 0 amide bonds. The lowest BCUT2D eigenvalue weighted by atomic mass is 10.2. The third-order valence-corrected chi connectivity index (χ3v) is 5.27. The van der Waals surface area contributed by atoms with E-state index in [-0.39, 0.29) is 21.7 Å². The summed E-state index contributed by atoms with van der Waals surface area (Å²) in [7, 11) is -4.06. The highest BCUT2D eigenvalue weighted by atomic mass is 79.9. The van der Waals surface area contributed by atoms with Crippen molar-refractivity contribution in [2.75, 3.05) is 4.72 Å². The summed E-state index contributed by atoms with van der Waals surface area (Å²) in [6, 6.07) is 8.94. The number of benzene rings is 2. The Morgan fingerprint density at radius 3 is 2.54 bits per heavy atom. The maximum absolute atomic E-state index is 12.7. The quantitative estimate of drug-likeness (QED) is 0.687. The van der Waals surface area contributed by atoms with Gasteiger partial charge in [0.2, 0.25) is 0 Å². The molecule has 2 aromatic carbocycles. The van der Waals surface area contributed by atoms with Gasteiger partial charge in [-0.15, -0.1) is 0 Å². The average Bonchev–Trinajstić information content (AvgIpc) is 2.55. The molecule has 0 unspecified atom stereocenters. The van der Waals surface area contributed by atoms with E-state index in [0.717, 1.165) is 0 Å². The van der Waals surface area contributed by atoms with Crippen LogP contribution in [0.2, 0.25) is 0 Å². The predicted octanol–water partition coefficient (Wildman–Crippen LogP) is 2.89. The molecule has 0 saturated heterocycles. The number of para-hydroxylation sites is 2. The predicted molar refractivity (Wildman–Crippen MR) is 91.4 cm³/mol. The monoisotopic (exact) mass is 407 g/mol. The van der Waals surface area contributed by atoms with Crippen molar-refractivity contribution in [1.29, 1.82) is 0 Å². The van der Waals surface area contributed by atoms with Crippen LogP contribution < -0.4 is 4.72 Å². The second-order valence-electron chi connectivity index (χ2n) is 4.75. The van der Waals surface area contributed by atoms with E-state index in [0.29, 0.717) is 9.99 Å². The Hall–Kier alpha value is -2.52. The topological polar surface area (TPSA) is 109 Å². The molecule has 3 rings (SSSR count). The molecular formula is C15H10BrN3O4S. The Morgan fingerprint density at radius 1 is 1.08 bits per heavy atom. The zero-order valence-electron chi connectivity index (χ0n) is 12.0. The molecule has 122 valence electrons. The molecule has 0 aliphatic heterocycles. The fourth-order valence-corrected chi connectivity index (χ4v) is 4.04. The largest absolute Gasteiger partial charge is 0.478 e. The first-order valence-corrected chi connectivity index (χ1v) is 8.92. The number of rotatable bonds is 4. The molecule has 24 heavy (non-hydrogen) atoms. The van der Waals surface area contributed by atoms with E-state index in [1.165, 1.54) is 30.6 Å². The Labute approximate surface area is 145 Å². The van der Waals surface area contributed by atoms with Crippen molar-refractivity contribution >= 4 is 48.6 Å². The average molecular weight is 408 g/mol. The van der Waals surface area contributed by atoms with E-state index in [2.05, 4.69) is 30.6 Å². The van der Waals surface area contributed by atoms with Crippen LogP contribution in [0.15, 0.2) is 58.2 Å². The molecule has 7 nitrogen and oxygen atoms in total. The van der Waals surface area contributed by atoms with E-state index >= 15 is 0 Å². The van der Waals surface area contributed by atoms with E-state index in [4.69, 9.17) is 0 Å². The number of carboxylic acids is 1. The highest BCUT2D eigenvalue weighted by Crippen LogP contribution is 2.30. The Bertz CT molecular complexity index is 1050. The third kappa shape index (κ3) is 2.95. The highest BCUT2D eigenvalue weighted by Gasteiger charge is 2.23. The van der Waals surface area contributed by atoms with Crippen molar-refractivity contribution in [1.82, 2.24) is 9.97 Å². The number of hydrogen-bond acceptors (Lipinski definition) is 5. The van der Waals surface area contributed by atoms with Gasteiger partial charge in [0.1, 0.15) is 10.4 Å². The molecular weight excluding hydrogens is 398 g/mol. The standard InChI is InChI=1S/C15H10BrN3O4S/c16-10-4-1-3-9(15(20)21)13(10)19-24(22,23)12-6-2-5-11-14(12)18-8-7-17-11/h1-8,19H,(H,20,21). The SMILES string of the molecule is O=C(O)c1cccc(Br)c1NS(=O)(=O)c1cccc2nccnc12. The van der Waals surface area contributed by atoms with Gasteiger partial charge in [-0.3, -0.25) is 14.7 Å². The summed E-state index contributed by atoms with van der Waals surface area (Å²) in [5.41, 5.74) is 0.410. The molecule has 1 aromatic heterocycles. The summed E-state index contributed by atoms with van der Waals surface area (Å²) in [6.45, 7) is 0. The van der Waals surface area contributed by atoms with Gasteiger partial charge in [0, 0.05) is 16.9 Å². The molecule has 0 atom stereocenters. The van der Waals surface area contributed by atoms with Crippen molar-refractivity contribution in [3.05, 3.63) is 58.8 Å². The minimum Gasteiger partial charge on any atom is -0.478 e. The van der Waals surface area contributed by atoms with Crippen LogP contribution in [0.25, 0.3) is 11.0 Å². The van der Waals surface area contributed by atoms with Crippen LogP contribution in [0.4, 0.5) is 5.69 Å². The Morgan fingerprint density at radius 2 is 1.79 bits per heavy atom. The van der Waals surface area contributed by atoms with Crippen LogP contribution in [0.3, 0.4) is 0 Å². The number of anilines is 1. The lowest BCUT2D eigenvalue weighted by molar-refractivity contribution is 0.0698. The van der Waals surface area contributed by atoms with Gasteiger partial charge in [-0.25, -0.2) is 13.2 Å². The van der Waals surface area contributed by atoms with Gasteiger partial charge in [-0.1, -0.05) is 12.1 Å². The minimum atomic E-state index is -4.06. The number of carboxylic acid groups (broad SMARTS) is 1. The number of nitrogens with zero attached hydrogens (tertiary/aromatic N) is 2. The van der Waals surface area contributed by atoms with Gasteiger partial charge in [-0.05, 0) is 40.2 Å². The zero-order valence-corrected chi connectivity index (χ0v) is 14.4. The van der Waals surface area contributed by atoms with E-state index in [1.807, 2.05) is 0 Å². The molecule has 0 saturated carbocycles. The van der Waals surface area contributed by atoms with Gasteiger partial charge in [0.15, 0.2) is 0 Å². The molecule has 3 aromatic rings. The lowest BCUT2D eigenvalue weighted by Crippen LogP contribution is -2.16. The maximum Gasteiger partial charge on any atom is 0.337 e. The number of halogens is 1. The molecule has 9 heteroatoms. The van der Waals surface area contributed by atoms with Gasteiger partial charge in [0.25, 0.3) is 10.0 Å². The van der Waals surface area contributed by atoms with E-state index < -0.39 is 16.0 Å². The van der Waals surface area contributed by atoms with Crippen LogP contribution in [0, 0.1) is 0 Å². The number of hydrogen-bond donors (Lipinski definition) is 2. The molecule has 0 bridgehead atoms. The molecule has 1 heterocycles. The van der Waals surface area contributed by atoms with Crippen molar-refractivity contribution < 1.29 is 18.3 Å². The summed E-state index contributed by atoms with van der Waals surface area (Å²) in [4.78, 5) is 19.4. The van der Waals surface area contributed by atoms with E-state index in [9.17, 15) is 18.3 Å². The number of fused-ring (bicyclic) bond motifs is 1. The normalized spacial score (nSPS) is 11.4. The smallest absolute Gasteiger partial charge is 0.337 e. The van der Waals surface area contributed by atoms with Crippen molar-refractivity contribution in [2.45, 2.75) is 4.90 Å². The van der Waals surface area contributed by atoms with Crippen molar-refractivity contribution in [3.63, 3.8) is 0 Å². The van der Waals surface area contributed by atoms with Crippen molar-refractivity contribution in [3.8, 4) is 0 Å². The zero-order chi connectivity index (χ0) is 17.3. The van der Waals surface area contributed by atoms with Crippen LogP contribution in [0.1, 0.15) is 10.4 Å². The summed E-state index contributed by atoms with van der Waals surface area (Å²) < 4.78 is 28.1. The maximum atomic E-state index is 12.7. The highest BCUT2D eigenvalue weighted by molar-refractivity contribution is 9.10. The minimum absolute atomic E-state index is 0.0501. The molecule has 0 spiro atoms. The molecule has 0 fully saturated rings. The summed E-state index contributed by atoms with van der Waals surface area (Å²) in [5.74, 6) is -1.24. The summed E-state index contributed by atoms with van der Waals surface area (Å²) in [5, 5.41) is 9.25. The fourth-order valence-electron chi connectivity index (χ4n) is 2.18. The number of carbonyl (C=O) groups is 1. The van der Waals surface area contributed by atoms with Crippen LogP contribution in [0.5, 0.6) is 0 Å². The molecule has 0 aliphatic rings. The Balaban J connectivity index is 2.15. The number of aromatic carboxylic acids is 1. The third-order valence-electron chi connectivity index (χ3n) is 3.23. The second-order valence-corrected chi connectivity index (χ2v) is 7.26. The summed E-state index contributed by atoms with van der Waals surface area (Å²) in [6.07, 6.45) is 2.85. The van der Waals surface area contributed by atoms with Gasteiger partial charge < -0.3 is 5.11 Å². The second kappa shape index (κ2) is 6.17. The first-order valence-electron chi connectivity index (χ1n) is 6.64.